The fourth-order valence-corrected chi connectivity index (χ4v) is 4.78. The zero-order valence-electron chi connectivity index (χ0n) is 19.5. The number of nitrogens with two attached hydrogens (primary N) is 1. The molecule has 2 aliphatic heterocycles. The zero-order chi connectivity index (χ0) is 25.6. The van der Waals surface area contributed by atoms with Crippen molar-refractivity contribution in [1.82, 2.24) is 9.78 Å². The second-order valence-electron chi connectivity index (χ2n) is 8.86. The highest BCUT2D eigenvalue weighted by Crippen LogP contribution is 2.36. The van der Waals surface area contributed by atoms with Crippen LogP contribution in [0.4, 0.5) is 25.0 Å². The summed E-state index contributed by atoms with van der Waals surface area (Å²) < 4.78 is 34.5. The first kappa shape index (κ1) is 23.7. The van der Waals surface area contributed by atoms with E-state index in [0.717, 1.165) is 9.58 Å². The van der Waals surface area contributed by atoms with E-state index in [4.69, 9.17) is 10.5 Å². The lowest BCUT2D eigenvalue weighted by Gasteiger charge is -2.40. The van der Waals surface area contributed by atoms with Crippen LogP contribution in [0.3, 0.4) is 0 Å². The van der Waals surface area contributed by atoms with Crippen LogP contribution in [0.1, 0.15) is 17.6 Å². The Morgan fingerprint density at radius 2 is 2.03 bits per heavy atom. The fraction of sp³-hybridized carbons (Fsp3) is 0.320. The molecule has 0 atom stereocenters. The number of hydrogen-bond acceptors (Lipinski definition) is 6. The number of benzene rings is 2. The summed E-state index contributed by atoms with van der Waals surface area (Å²) in [6.07, 6.45) is -2.53. The molecule has 3 heterocycles. The van der Waals surface area contributed by atoms with Gasteiger partial charge in [-0.3, -0.25) is 9.69 Å². The lowest BCUT2D eigenvalue weighted by atomic mass is 9.99. The molecule has 36 heavy (non-hydrogen) atoms. The van der Waals surface area contributed by atoms with E-state index in [-0.39, 0.29) is 36.0 Å². The molecule has 3 aromatic rings. The number of fused-ring (bicyclic) bond motifs is 1. The first-order chi connectivity index (χ1) is 17.3. The number of anilines is 2. The molecule has 3 N–H and O–H groups in total. The molecule has 0 aliphatic carbocycles. The Balaban J connectivity index is 1.74. The lowest BCUT2D eigenvalue weighted by molar-refractivity contribution is 0.151. The number of carbonyl (C=O) groups excluding carboxylic acids is 1. The highest BCUT2D eigenvalue weighted by Gasteiger charge is 2.33. The molecule has 9 nitrogen and oxygen atoms in total. The average molecular weight is 498 g/mol. The van der Waals surface area contributed by atoms with Crippen LogP contribution in [-0.4, -0.2) is 54.3 Å². The molecular weight excluding hydrogens is 472 g/mol. The first-order valence-corrected chi connectivity index (χ1v) is 11.5. The van der Waals surface area contributed by atoms with E-state index in [1.54, 1.807) is 30.3 Å². The number of amides is 2. The van der Waals surface area contributed by atoms with Gasteiger partial charge in [-0.2, -0.15) is 9.78 Å². The SMILES string of the molecule is COc1cccc(-c2nn(-c3cc(N4CC(CO)C4)ccc3C(F)F)c(=O)c3c2CCN3C(N)=O)c1. The topological polar surface area (TPSA) is 114 Å². The van der Waals surface area contributed by atoms with E-state index in [0.29, 0.717) is 47.8 Å². The van der Waals surface area contributed by atoms with Crippen LogP contribution in [0, 0.1) is 5.92 Å². The van der Waals surface area contributed by atoms with Crippen molar-refractivity contribution in [2.24, 2.45) is 11.7 Å². The van der Waals surface area contributed by atoms with Crippen LogP contribution in [0.15, 0.2) is 47.3 Å². The Morgan fingerprint density at radius 3 is 2.69 bits per heavy atom. The molecule has 188 valence electrons. The van der Waals surface area contributed by atoms with Crippen LogP contribution in [0.2, 0.25) is 0 Å². The number of methoxy groups -OCH3 is 1. The molecule has 0 saturated carbocycles. The molecule has 1 saturated heterocycles. The molecule has 0 radical (unpaired) electrons. The van der Waals surface area contributed by atoms with Crippen molar-refractivity contribution >= 4 is 17.4 Å². The maximum absolute atomic E-state index is 14.1. The largest absolute Gasteiger partial charge is 0.497 e. The van der Waals surface area contributed by atoms with Gasteiger partial charge in [-0.1, -0.05) is 12.1 Å². The molecule has 2 amide bonds. The van der Waals surface area contributed by atoms with Crippen LogP contribution < -0.4 is 25.8 Å². The monoisotopic (exact) mass is 497 g/mol. The third-order valence-corrected chi connectivity index (χ3v) is 6.69. The van der Waals surface area contributed by atoms with Crippen molar-refractivity contribution in [2.45, 2.75) is 12.8 Å². The summed E-state index contributed by atoms with van der Waals surface area (Å²) in [7, 11) is 1.52. The molecule has 2 aliphatic rings. The predicted molar refractivity (Wildman–Crippen MR) is 130 cm³/mol. The Bertz CT molecular complexity index is 1390. The van der Waals surface area contributed by atoms with E-state index in [2.05, 4.69) is 5.10 Å². The van der Waals surface area contributed by atoms with Crippen LogP contribution in [-0.2, 0) is 6.42 Å². The summed E-state index contributed by atoms with van der Waals surface area (Å²) in [5.74, 6) is 0.657. The first-order valence-electron chi connectivity index (χ1n) is 11.5. The van der Waals surface area contributed by atoms with Gasteiger partial charge in [0.15, 0.2) is 0 Å². The maximum atomic E-state index is 14.1. The number of aliphatic hydroxyl groups is 1. The van der Waals surface area contributed by atoms with Crippen molar-refractivity contribution in [3.8, 4) is 22.7 Å². The van der Waals surface area contributed by atoms with Gasteiger partial charge in [-0.25, -0.2) is 13.6 Å². The minimum atomic E-state index is -2.87. The summed E-state index contributed by atoms with van der Waals surface area (Å²) in [4.78, 5) is 28.9. The molecule has 0 unspecified atom stereocenters. The molecular formula is C25H25F2N5O4. The number of nitrogens with zero attached hydrogens (tertiary/aromatic N) is 4. The lowest BCUT2D eigenvalue weighted by Crippen LogP contribution is -2.48. The second kappa shape index (κ2) is 9.23. The number of carbonyl (C=O) groups is 1. The third kappa shape index (κ3) is 3.95. The summed E-state index contributed by atoms with van der Waals surface area (Å²) in [6.45, 7) is 1.36. The Kier molecular flexibility index (Phi) is 6.09. The standard InChI is InChI=1S/C25H25F2N5O4/c1-36-17-4-2-3-15(9-17)21-19-7-8-31(25(28)35)22(19)24(34)32(29-21)20-10-16(5-6-18(20)23(26)27)30-11-14(12-30)13-33/h2-6,9-10,14,23,33H,7-8,11-13H2,1H3,(H2,28,35). The number of rotatable bonds is 6. The van der Waals surface area contributed by atoms with E-state index < -0.39 is 18.0 Å². The van der Waals surface area contributed by atoms with Gasteiger partial charge in [0, 0.05) is 54.5 Å². The number of urea groups is 1. The van der Waals surface area contributed by atoms with Crippen molar-refractivity contribution in [2.75, 3.05) is 43.2 Å². The minimum absolute atomic E-state index is 0.0326. The van der Waals surface area contributed by atoms with Gasteiger partial charge in [-0.15, -0.1) is 0 Å². The average Bonchev–Trinajstić information content (AvgIpc) is 3.30. The summed E-state index contributed by atoms with van der Waals surface area (Å²) >= 11 is 0. The second-order valence-corrected chi connectivity index (χ2v) is 8.86. The number of halogens is 2. The number of ether oxygens (including phenoxy) is 1. The van der Waals surface area contributed by atoms with Gasteiger partial charge in [-0.05, 0) is 36.8 Å². The quantitative estimate of drug-likeness (QED) is 0.542. The molecule has 0 spiro atoms. The van der Waals surface area contributed by atoms with Gasteiger partial charge in [0.25, 0.3) is 12.0 Å². The number of aliphatic hydroxyl groups excluding tert-OH is 1. The molecule has 11 heteroatoms. The Labute approximate surface area is 205 Å². The van der Waals surface area contributed by atoms with Gasteiger partial charge in [0.1, 0.15) is 11.4 Å². The Morgan fingerprint density at radius 1 is 1.25 bits per heavy atom. The van der Waals surface area contributed by atoms with Crippen LogP contribution in [0.5, 0.6) is 5.75 Å². The highest BCUT2D eigenvalue weighted by molar-refractivity contribution is 5.94. The van der Waals surface area contributed by atoms with Gasteiger partial charge >= 0.3 is 6.03 Å². The fourth-order valence-electron chi connectivity index (χ4n) is 4.78. The smallest absolute Gasteiger partial charge is 0.319 e. The van der Waals surface area contributed by atoms with E-state index in [1.165, 1.54) is 19.2 Å². The third-order valence-electron chi connectivity index (χ3n) is 6.69. The van der Waals surface area contributed by atoms with Gasteiger partial charge < -0.3 is 20.5 Å². The van der Waals surface area contributed by atoms with Crippen molar-refractivity contribution in [3.05, 3.63) is 63.9 Å². The zero-order valence-corrected chi connectivity index (χ0v) is 19.5. The van der Waals surface area contributed by atoms with E-state index >= 15 is 0 Å². The van der Waals surface area contributed by atoms with Gasteiger partial charge in [0.2, 0.25) is 0 Å². The van der Waals surface area contributed by atoms with Crippen LogP contribution in [0.25, 0.3) is 16.9 Å². The number of primary amides is 1. The summed E-state index contributed by atoms with van der Waals surface area (Å²) in [5, 5.41) is 13.9. The minimum Gasteiger partial charge on any atom is -0.497 e. The highest BCUT2D eigenvalue weighted by atomic mass is 19.3. The number of hydrogen-bond donors (Lipinski definition) is 2. The maximum Gasteiger partial charge on any atom is 0.319 e. The van der Waals surface area contributed by atoms with Crippen molar-refractivity contribution in [1.29, 1.82) is 0 Å². The molecule has 1 aromatic heterocycles. The number of alkyl halides is 2. The van der Waals surface area contributed by atoms with Crippen molar-refractivity contribution < 1.29 is 23.4 Å². The Hall–Kier alpha value is -3.99. The van der Waals surface area contributed by atoms with Crippen molar-refractivity contribution in [3.63, 3.8) is 0 Å². The molecule has 2 aromatic carbocycles. The van der Waals surface area contributed by atoms with E-state index in [9.17, 15) is 23.5 Å². The van der Waals surface area contributed by atoms with Crippen LogP contribution >= 0.6 is 0 Å². The summed E-state index contributed by atoms with van der Waals surface area (Å²) in [6, 6.07) is 10.5. The molecule has 5 rings (SSSR count). The molecule has 0 bridgehead atoms. The van der Waals surface area contributed by atoms with Gasteiger partial charge in [0.05, 0.1) is 18.5 Å². The predicted octanol–water partition coefficient (Wildman–Crippen LogP) is 2.72. The summed E-state index contributed by atoms with van der Waals surface area (Å²) in [5.41, 5.74) is 6.56. The van der Waals surface area contributed by atoms with E-state index in [1.807, 2.05) is 4.90 Å². The number of aromatic nitrogens is 2. The normalized spacial score (nSPS) is 15.2. The molecule has 1 fully saturated rings.